The van der Waals surface area contributed by atoms with Crippen LogP contribution in [0.5, 0.6) is 0 Å². The third-order valence-electron chi connectivity index (χ3n) is 3.11. The molecule has 0 amide bonds. The number of ether oxygens (including phenoxy) is 2. The average molecular weight is 281 g/mol. The van der Waals surface area contributed by atoms with Gasteiger partial charge in [-0.05, 0) is 0 Å². The van der Waals surface area contributed by atoms with Gasteiger partial charge in [0, 0.05) is 6.92 Å². The van der Waals surface area contributed by atoms with Crippen LogP contribution in [0.1, 0.15) is 6.92 Å². The van der Waals surface area contributed by atoms with Gasteiger partial charge in [0.15, 0.2) is 0 Å². The Labute approximate surface area is 107 Å². The molecule has 1 aliphatic heterocycles. The van der Waals surface area contributed by atoms with Gasteiger partial charge in [-0.3, -0.25) is 4.79 Å². The topological polar surface area (TPSA) is 92.7 Å². The van der Waals surface area contributed by atoms with Gasteiger partial charge in [0.1, 0.15) is 36.4 Å². The zero-order chi connectivity index (χ0) is 13.6. The molecule has 0 spiro atoms. The third kappa shape index (κ3) is 5.76. The summed E-state index contributed by atoms with van der Waals surface area (Å²) in [5.74, 6) is -0.759. The summed E-state index contributed by atoms with van der Waals surface area (Å²) < 4.78 is 42.7. The van der Waals surface area contributed by atoms with Crippen molar-refractivity contribution in [1.82, 2.24) is 0 Å². The molecule has 0 aromatic carbocycles. The Kier molecular flexibility index (Phi) is 5.51. The number of hydrogen-bond donors (Lipinski definition) is 0. The van der Waals surface area contributed by atoms with E-state index in [-0.39, 0.29) is 19.1 Å². The monoisotopic (exact) mass is 281 g/mol. The third-order valence-corrected chi connectivity index (χ3v) is 3.79. The molecular formula is C10H19NO6S. The van der Waals surface area contributed by atoms with Crippen LogP contribution in [0.25, 0.3) is 0 Å². The van der Waals surface area contributed by atoms with Crippen LogP contribution in [-0.2, 0) is 24.4 Å². The molecule has 8 heteroatoms. The molecule has 0 bridgehead atoms. The molecule has 1 fully saturated rings. The molecule has 0 unspecified atom stereocenters. The van der Waals surface area contributed by atoms with E-state index in [1.807, 2.05) is 0 Å². The molecule has 1 saturated heterocycles. The number of morpholine rings is 1. The molecule has 7 nitrogen and oxygen atoms in total. The standard InChI is InChI=1S/C10H19NO6S/c1-10(12)17-8-4-11(2-6-16-7-3-11)5-9-18(13,14)15/h2-9H2,1H3. The van der Waals surface area contributed by atoms with Gasteiger partial charge in [0.25, 0.3) is 0 Å². The number of hydrogen-bond acceptors (Lipinski definition) is 6. The second-order valence-corrected chi connectivity index (χ2v) is 5.97. The second-order valence-electron chi connectivity index (χ2n) is 4.45. The quantitative estimate of drug-likeness (QED) is 0.350. The van der Waals surface area contributed by atoms with Gasteiger partial charge in [-0.2, -0.15) is 0 Å². The minimum Gasteiger partial charge on any atom is -0.748 e. The highest BCUT2D eigenvalue weighted by atomic mass is 32.2. The van der Waals surface area contributed by atoms with E-state index >= 15 is 0 Å². The SMILES string of the molecule is CC(=O)OCC[N+]1(CCS(=O)(=O)[O-])CCOCC1. The van der Waals surface area contributed by atoms with Gasteiger partial charge in [-0.15, -0.1) is 0 Å². The lowest BCUT2D eigenvalue weighted by Crippen LogP contribution is -2.58. The maximum atomic E-state index is 10.7. The normalized spacial score (nSPS) is 19.4. The Morgan fingerprint density at radius 2 is 1.94 bits per heavy atom. The lowest BCUT2D eigenvalue weighted by Gasteiger charge is -2.41. The van der Waals surface area contributed by atoms with E-state index in [1.54, 1.807) is 0 Å². The number of esters is 1. The highest BCUT2D eigenvalue weighted by Gasteiger charge is 2.30. The Bertz CT molecular complexity index is 374. The largest absolute Gasteiger partial charge is 0.748 e. The Hall–Kier alpha value is -0.700. The van der Waals surface area contributed by atoms with Gasteiger partial charge in [0.2, 0.25) is 0 Å². The average Bonchev–Trinajstić information content (AvgIpc) is 2.27. The number of carbonyl (C=O) groups excluding carboxylic acids is 1. The molecule has 106 valence electrons. The van der Waals surface area contributed by atoms with Crippen molar-refractivity contribution >= 4 is 16.1 Å². The lowest BCUT2D eigenvalue weighted by atomic mass is 10.3. The van der Waals surface area contributed by atoms with Gasteiger partial charge in [0.05, 0.1) is 25.5 Å². The molecule has 0 N–H and O–H groups in total. The maximum absolute atomic E-state index is 10.7. The van der Waals surface area contributed by atoms with Gasteiger partial charge in [-0.1, -0.05) is 0 Å². The minimum absolute atomic E-state index is 0.230. The smallest absolute Gasteiger partial charge is 0.302 e. The van der Waals surface area contributed by atoms with E-state index in [0.29, 0.717) is 37.3 Å². The van der Waals surface area contributed by atoms with Crippen LogP contribution < -0.4 is 0 Å². The highest BCUT2D eigenvalue weighted by molar-refractivity contribution is 7.85. The Balaban J connectivity index is 2.54. The maximum Gasteiger partial charge on any atom is 0.302 e. The first-order valence-corrected chi connectivity index (χ1v) is 7.41. The number of nitrogens with zero attached hydrogens (tertiary/aromatic N) is 1. The summed E-state index contributed by atoms with van der Waals surface area (Å²) >= 11 is 0. The number of carbonyl (C=O) groups is 1. The molecule has 1 heterocycles. The fourth-order valence-electron chi connectivity index (χ4n) is 1.98. The zero-order valence-corrected chi connectivity index (χ0v) is 11.3. The van der Waals surface area contributed by atoms with Gasteiger partial charge >= 0.3 is 5.97 Å². The van der Waals surface area contributed by atoms with E-state index in [4.69, 9.17) is 9.47 Å². The number of quaternary nitrogens is 1. The zero-order valence-electron chi connectivity index (χ0n) is 10.5. The first-order chi connectivity index (χ1) is 8.33. The van der Waals surface area contributed by atoms with Crippen molar-refractivity contribution in [1.29, 1.82) is 0 Å². The van der Waals surface area contributed by atoms with Crippen LogP contribution in [0.4, 0.5) is 0 Å². The van der Waals surface area contributed by atoms with Crippen molar-refractivity contribution in [2.75, 3.05) is 51.8 Å². The van der Waals surface area contributed by atoms with Crippen molar-refractivity contribution in [3.05, 3.63) is 0 Å². The summed E-state index contributed by atoms with van der Waals surface area (Å²) in [5.41, 5.74) is 0. The Morgan fingerprint density at radius 3 is 2.44 bits per heavy atom. The van der Waals surface area contributed by atoms with Crippen molar-refractivity contribution in [2.45, 2.75) is 6.92 Å². The van der Waals surface area contributed by atoms with Crippen LogP contribution in [0, 0.1) is 0 Å². The summed E-state index contributed by atoms with van der Waals surface area (Å²) in [6.45, 7) is 4.64. The van der Waals surface area contributed by atoms with Gasteiger partial charge in [-0.25, -0.2) is 8.42 Å². The fourth-order valence-corrected chi connectivity index (χ4v) is 2.59. The molecule has 1 aliphatic rings. The molecule has 0 aromatic rings. The molecule has 0 saturated carbocycles. The van der Waals surface area contributed by atoms with E-state index in [2.05, 4.69) is 0 Å². The second kappa shape index (κ2) is 6.46. The van der Waals surface area contributed by atoms with Crippen molar-refractivity contribution < 1.29 is 31.7 Å². The van der Waals surface area contributed by atoms with Crippen molar-refractivity contribution in [3.63, 3.8) is 0 Å². The first kappa shape index (κ1) is 15.4. The molecule has 0 aromatic heterocycles. The van der Waals surface area contributed by atoms with Crippen LogP contribution in [0.3, 0.4) is 0 Å². The lowest BCUT2D eigenvalue weighted by molar-refractivity contribution is -0.933. The van der Waals surface area contributed by atoms with E-state index in [9.17, 15) is 17.8 Å². The Morgan fingerprint density at radius 1 is 1.33 bits per heavy atom. The van der Waals surface area contributed by atoms with Crippen molar-refractivity contribution in [3.8, 4) is 0 Å². The van der Waals surface area contributed by atoms with Crippen molar-refractivity contribution in [2.24, 2.45) is 0 Å². The summed E-state index contributed by atoms with van der Waals surface area (Å²) in [7, 11) is -4.22. The van der Waals surface area contributed by atoms with E-state index in [0.717, 1.165) is 0 Å². The molecular weight excluding hydrogens is 262 g/mol. The van der Waals surface area contributed by atoms with Crippen LogP contribution in [0.2, 0.25) is 0 Å². The predicted octanol–water partition coefficient (Wildman–Crippen LogP) is -1.06. The molecule has 0 aliphatic carbocycles. The summed E-state index contributed by atoms with van der Waals surface area (Å²) in [4.78, 5) is 10.7. The molecule has 0 atom stereocenters. The highest BCUT2D eigenvalue weighted by Crippen LogP contribution is 2.11. The van der Waals surface area contributed by atoms with Crippen LogP contribution >= 0.6 is 0 Å². The number of rotatable bonds is 6. The minimum atomic E-state index is -4.22. The van der Waals surface area contributed by atoms with Crippen LogP contribution in [-0.4, -0.2) is 75.2 Å². The molecule has 0 radical (unpaired) electrons. The van der Waals surface area contributed by atoms with E-state index in [1.165, 1.54) is 6.92 Å². The molecule has 1 rings (SSSR count). The summed E-state index contributed by atoms with van der Waals surface area (Å²) in [6, 6.07) is 0. The summed E-state index contributed by atoms with van der Waals surface area (Å²) in [6.07, 6.45) is 0. The summed E-state index contributed by atoms with van der Waals surface area (Å²) in [5, 5.41) is 0. The predicted molar refractivity (Wildman–Crippen MR) is 61.7 cm³/mol. The van der Waals surface area contributed by atoms with Gasteiger partial charge < -0.3 is 18.5 Å². The fraction of sp³-hybridized carbons (Fsp3) is 0.900. The first-order valence-electron chi connectivity index (χ1n) is 5.83. The van der Waals surface area contributed by atoms with Crippen LogP contribution in [0.15, 0.2) is 0 Å². The molecule has 18 heavy (non-hydrogen) atoms. The van der Waals surface area contributed by atoms with E-state index < -0.39 is 15.9 Å².